The van der Waals surface area contributed by atoms with Crippen molar-refractivity contribution in [2.24, 2.45) is 0 Å². The van der Waals surface area contributed by atoms with Gasteiger partial charge in [0, 0.05) is 36.8 Å². The van der Waals surface area contributed by atoms with Crippen molar-refractivity contribution in [2.45, 2.75) is 31.8 Å². The Morgan fingerprint density at radius 2 is 2.24 bits per heavy atom. The summed E-state index contributed by atoms with van der Waals surface area (Å²) < 4.78 is 18.8. The van der Waals surface area contributed by atoms with E-state index in [4.69, 9.17) is 9.84 Å². The van der Waals surface area contributed by atoms with Crippen molar-refractivity contribution in [3.8, 4) is 0 Å². The Hall–Kier alpha value is -2.41. The molecule has 7 heteroatoms. The molecule has 1 unspecified atom stereocenters. The van der Waals surface area contributed by atoms with Crippen LogP contribution in [0.1, 0.15) is 24.8 Å². The number of hydrogen-bond acceptors (Lipinski definition) is 3. The van der Waals surface area contributed by atoms with Gasteiger partial charge in [-0.25, -0.2) is 4.39 Å². The topological polar surface area (TPSA) is 82.6 Å². The zero-order chi connectivity index (χ0) is 17.8. The minimum Gasteiger partial charge on any atom is -0.481 e. The quantitative estimate of drug-likeness (QED) is 0.804. The predicted octanol–water partition coefficient (Wildman–Crippen LogP) is 2.33. The fourth-order valence-corrected chi connectivity index (χ4v) is 3.16. The summed E-state index contributed by atoms with van der Waals surface area (Å²) >= 11 is 0. The summed E-state index contributed by atoms with van der Waals surface area (Å²) in [5, 5.41) is 9.72. The number of carbonyl (C=O) groups excluding carboxylic acids is 1. The van der Waals surface area contributed by atoms with E-state index in [1.165, 1.54) is 12.1 Å². The van der Waals surface area contributed by atoms with Crippen LogP contribution in [0.2, 0.25) is 0 Å². The van der Waals surface area contributed by atoms with E-state index < -0.39 is 5.97 Å². The molecule has 6 nitrogen and oxygen atoms in total. The van der Waals surface area contributed by atoms with Crippen LogP contribution in [0, 0.1) is 5.82 Å². The van der Waals surface area contributed by atoms with E-state index >= 15 is 0 Å². The van der Waals surface area contributed by atoms with E-state index in [1.807, 2.05) is 0 Å². The van der Waals surface area contributed by atoms with Crippen molar-refractivity contribution in [1.82, 2.24) is 9.88 Å². The van der Waals surface area contributed by atoms with Crippen LogP contribution >= 0.6 is 0 Å². The highest BCUT2D eigenvalue weighted by molar-refractivity contribution is 5.89. The third-order valence-electron chi connectivity index (χ3n) is 4.47. The zero-order valence-corrected chi connectivity index (χ0v) is 13.8. The Bertz CT molecular complexity index is 768. The van der Waals surface area contributed by atoms with Gasteiger partial charge >= 0.3 is 5.97 Å². The standard InChI is InChI=1S/C18H21FN2O4/c19-13-3-4-15-12(10-20-16(15)9-13)8-17(22)21(6-5-18(23)24)11-14-2-1-7-25-14/h3-4,9-10,14,20H,1-2,5-8,11H2,(H,23,24). The molecular formula is C18H21FN2O4. The number of aromatic nitrogens is 1. The number of carboxylic acid groups (broad SMARTS) is 1. The predicted molar refractivity (Wildman–Crippen MR) is 89.8 cm³/mol. The van der Waals surface area contributed by atoms with Gasteiger partial charge in [0.1, 0.15) is 5.82 Å². The second-order valence-electron chi connectivity index (χ2n) is 6.30. The molecule has 1 amide bonds. The molecule has 134 valence electrons. The van der Waals surface area contributed by atoms with E-state index in [1.54, 1.807) is 17.2 Å². The molecule has 0 radical (unpaired) electrons. The molecule has 1 aliphatic rings. The van der Waals surface area contributed by atoms with Crippen molar-refractivity contribution >= 4 is 22.8 Å². The van der Waals surface area contributed by atoms with Gasteiger partial charge in [0.05, 0.1) is 18.9 Å². The summed E-state index contributed by atoms with van der Waals surface area (Å²) in [6.07, 6.45) is 3.54. The third-order valence-corrected chi connectivity index (χ3v) is 4.47. The van der Waals surface area contributed by atoms with Gasteiger partial charge in [0.25, 0.3) is 0 Å². The van der Waals surface area contributed by atoms with Gasteiger partial charge in [0.2, 0.25) is 5.91 Å². The van der Waals surface area contributed by atoms with Crippen LogP contribution in [-0.2, 0) is 20.7 Å². The molecule has 2 aromatic rings. The summed E-state index contributed by atoms with van der Waals surface area (Å²) in [6.45, 7) is 1.24. The molecule has 1 aromatic carbocycles. The molecular weight excluding hydrogens is 327 g/mol. The van der Waals surface area contributed by atoms with Gasteiger partial charge in [-0.15, -0.1) is 0 Å². The van der Waals surface area contributed by atoms with Gasteiger partial charge in [-0.1, -0.05) is 0 Å². The first-order valence-electron chi connectivity index (χ1n) is 8.39. The highest BCUT2D eigenvalue weighted by atomic mass is 19.1. The molecule has 2 N–H and O–H groups in total. The average Bonchev–Trinajstić information content (AvgIpc) is 3.21. The lowest BCUT2D eigenvalue weighted by molar-refractivity contribution is -0.139. The second kappa shape index (κ2) is 7.65. The van der Waals surface area contributed by atoms with Crippen LogP contribution in [0.3, 0.4) is 0 Å². The van der Waals surface area contributed by atoms with Gasteiger partial charge in [0.15, 0.2) is 0 Å². The Morgan fingerprint density at radius 3 is 2.96 bits per heavy atom. The van der Waals surface area contributed by atoms with Gasteiger partial charge in [-0.3, -0.25) is 9.59 Å². The van der Waals surface area contributed by atoms with Crippen molar-refractivity contribution in [3.63, 3.8) is 0 Å². The Kier molecular flexibility index (Phi) is 5.33. The van der Waals surface area contributed by atoms with Crippen LogP contribution in [0.25, 0.3) is 10.9 Å². The fraction of sp³-hybridized carbons (Fsp3) is 0.444. The summed E-state index contributed by atoms with van der Waals surface area (Å²) in [6, 6.07) is 4.39. The number of H-pyrrole nitrogens is 1. The number of carbonyl (C=O) groups is 2. The smallest absolute Gasteiger partial charge is 0.305 e. The van der Waals surface area contributed by atoms with Crippen LogP contribution in [0.4, 0.5) is 4.39 Å². The Morgan fingerprint density at radius 1 is 1.40 bits per heavy atom. The fourth-order valence-electron chi connectivity index (χ4n) is 3.16. The number of amides is 1. The summed E-state index contributed by atoms with van der Waals surface area (Å²) in [4.78, 5) is 28.1. The minimum absolute atomic E-state index is 0.0326. The number of fused-ring (bicyclic) bond motifs is 1. The van der Waals surface area contributed by atoms with Crippen LogP contribution in [-0.4, -0.2) is 52.7 Å². The van der Waals surface area contributed by atoms with Gasteiger partial charge in [-0.2, -0.15) is 0 Å². The van der Waals surface area contributed by atoms with E-state index in [9.17, 15) is 14.0 Å². The molecule has 1 saturated heterocycles. The second-order valence-corrected chi connectivity index (χ2v) is 6.30. The van der Waals surface area contributed by atoms with Crippen molar-refractivity contribution in [1.29, 1.82) is 0 Å². The molecule has 0 aliphatic carbocycles. The third kappa shape index (κ3) is 4.36. The molecule has 2 heterocycles. The number of hydrogen-bond donors (Lipinski definition) is 2. The first kappa shape index (κ1) is 17.4. The van der Waals surface area contributed by atoms with Crippen LogP contribution < -0.4 is 0 Å². The molecule has 25 heavy (non-hydrogen) atoms. The number of ether oxygens (including phenoxy) is 1. The number of rotatable bonds is 7. The number of nitrogens with zero attached hydrogens (tertiary/aromatic N) is 1. The number of halogens is 1. The zero-order valence-electron chi connectivity index (χ0n) is 13.8. The maximum Gasteiger partial charge on any atom is 0.305 e. The van der Waals surface area contributed by atoms with E-state index in [0.29, 0.717) is 18.7 Å². The lowest BCUT2D eigenvalue weighted by atomic mass is 10.1. The van der Waals surface area contributed by atoms with E-state index in [0.717, 1.165) is 23.8 Å². The average molecular weight is 348 g/mol. The summed E-state index contributed by atoms with van der Waals surface area (Å²) in [5.41, 5.74) is 1.41. The molecule has 0 saturated carbocycles. The van der Waals surface area contributed by atoms with Crippen molar-refractivity contribution in [2.75, 3.05) is 19.7 Å². The molecule has 1 aromatic heterocycles. The highest BCUT2D eigenvalue weighted by Crippen LogP contribution is 2.21. The summed E-state index contributed by atoms with van der Waals surface area (Å²) in [7, 11) is 0. The molecule has 1 atom stereocenters. The number of benzene rings is 1. The number of aromatic amines is 1. The van der Waals surface area contributed by atoms with Gasteiger partial charge < -0.3 is 19.7 Å². The highest BCUT2D eigenvalue weighted by Gasteiger charge is 2.23. The lowest BCUT2D eigenvalue weighted by Gasteiger charge is -2.25. The van der Waals surface area contributed by atoms with Gasteiger partial charge in [-0.05, 0) is 36.6 Å². The molecule has 3 rings (SSSR count). The van der Waals surface area contributed by atoms with E-state index in [-0.39, 0.29) is 37.2 Å². The Balaban J connectivity index is 1.72. The molecule has 1 aliphatic heterocycles. The maximum absolute atomic E-state index is 13.3. The monoisotopic (exact) mass is 348 g/mol. The van der Waals surface area contributed by atoms with Crippen LogP contribution in [0.15, 0.2) is 24.4 Å². The first-order chi connectivity index (χ1) is 12.0. The number of carboxylic acids is 1. The first-order valence-corrected chi connectivity index (χ1v) is 8.39. The number of nitrogens with one attached hydrogen (secondary N) is 1. The molecule has 0 spiro atoms. The SMILES string of the molecule is O=C(O)CCN(CC1CCCO1)C(=O)Cc1c[nH]c2cc(F)ccc12. The summed E-state index contributed by atoms with van der Waals surface area (Å²) in [5.74, 6) is -1.43. The largest absolute Gasteiger partial charge is 0.481 e. The van der Waals surface area contributed by atoms with Crippen molar-refractivity contribution in [3.05, 3.63) is 35.8 Å². The normalized spacial score (nSPS) is 17.1. The minimum atomic E-state index is -0.937. The van der Waals surface area contributed by atoms with E-state index in [2.05, 4.69) is 4.98 Å². The molecule has 0 bridgehead atoms. The Labute approximate surface area is 144 Å². The molecule has 1 fully saturated rings. The van der Waals surface area contributed by atoms with Crippen LogP contribution in [0.5, 0.6) is 0 Å². The lowest BCUT2D eigenvalue weighted by Crippen LogP contribution is -2.39. The van der Waals surface area contributed by atoms with Crippen molar-refractivity contribution < 1.29 is 23.8 Å². The maximum atomic E-state index is 13.3. The number of aliphatic carboxylic acids is 1.